The van der Waals surface area contributed by atoms with Crippen LogP contribution >= 0.6 is 11.6 Å². The largest absolute Gasteiger partial charge is 0.495 e. The van der Waals surface area contributed by atoms with Crippen LogP contribution in [0.15, 0.2) is 12.1 Å². The van der Waals surface area contributed by atoms with Crippen LogP contribution < -0.4 is 15.4 Å². The lowest BCUT2D eigenvalue weighted by Gasteiger charge is -2.15. The Morgan fingerprint density at radius 1 is 1.47 bits per heavy atom. The van der Waals surface area contributed by atoms with E-state index in [9.17, 15) is 4.79 Å². The Morgan fingerprint density at radius 2 is 2.16 bits per heavy atom. The quantitative estimate of drug-likeness (QED) is 0.844. The van der Waals surface area contributed by atoms with Crippen molar-refractivity contribution in [2.75, 3.05) is 19.0 Å². The minimum absolute atomic E-state index is 0.0380. The number of benzene rings is 1. The fourth-order valence-corrected chi connectivity index (χ4v) is 1.73. The fourth-order valence-electron chi connectivity index (χ4n) is 1.57. The molecule has 0 fully saturated rings. The van der Waals surface area contributed by atoms with Crippen LogP contribution in [-0.4, -0.2) is 25.6 Å². The van der Waals surface area contributed by atoms with E-state index in [0.29, 0.717) is 10.8 Å². The summed E-state index contributed by atoms with van der Waals surface area (Å²) in [7, 11) is 1.57. The van der Waals surface area contributed by atoms with E-state index in [4.69, 9.17) is 16.3 Å². The third kappa shape index (κ3) is 4.63. The highest BCUT2D eigenvalue weighted by Crippen LogP contribution is 2.30. The van der Waals surface area contributed by atoms with Crippen LogP contribution in [0, 0.1) is 6.92 Å². The van der Waals surface area contributed by atoms with E-state index in [2.05, 4.69) is 10.6 Å². The molecule has 0 saturated carbocycles. The lowest BCUT2D eigenvalue weighted by molar-refractivity contribution is -0.120. The SMILES string of the molecule is CCC(C)NC(=O)CNc1cc(C)c(Cl)cc1OC. The molecular formula is C14H21ClN2O2. The molecule has 1 atom stereocenters. The zero-order valence-electron chi connectivity index (χ0n) is 11.8. The smallest absolute Gasteiger partial charge is 0.239 e. The van der Waals surface area contributed by atoms with Crippen molar-refractivity contribution in [2.24, 2.45) is 0 Å². The maximum Gasteiger partial charge on any atom is 0.239 e. The van der Waals surface area contributed by atoms with Crippen LogP contribution in [0.4, 0.5) is 5.69 Å². The molecule has 4 nitrogen and oxygen atoms in total. The molecule has 0 heterocycles. The molecule has 1 aromatic rings. The molecule has 1 aromatic carbocycles. The van der Waals surface area contributed by atoms with Gasteiger partial charge in [-0.3, -0.25) is 4.79 Å². The second-order valence-corrected chi connectivity index (χ2v) is 4.94. The molecule has 0 radical (unpaired) electrons. The van der Waals surface area contributed by atoms with Gasteiger partial charge in [0.25, 0.3) is 0 Å². The second kappa shape index (κ2) is 7.24. The molecule has 2 N–H and O–H groups in total. The molecule has 106 valence electrons. The van der Waals surface area contributed by atoms with E-state index in [1.165, 1.54) is 0 Å². The van der Waals surface area contributed by atoms with Crippen LogP contribution in [0.2, 0.25) is 5.02 Å². The van der Waals surface area contributed by atoms with E-state index in [1.54, 1.807) is 13.2 Å². The molecule has 0 spiro atoms. The fraction of sp³-hybridized carbons (Fsp3) is 0.500. The molecular weight excluding hydrogens is 264 g/mol. The summed E-state index contributed by atoms with van der Waals surface area (Å²) in [4.78, 5) is 11.7. The number of carbonyl (C=O) groups excluding carboxylic acids is 1. The minimum Gasteiger partial charge on any atom is -0.495 e. The number of carbonyl (C=O) groups is 1. The number of halogens is 1. The van der Waals surface area contributed by atoms with Crippen molar-refractivity contribution in [3.8, 4) is 5.75 Å². The molecule has 0 saturated heterocycles. The van der Waals surface area contributed by atoms with E-state index in [1.807, 2.05) is 26.8 Å². The highest BCUT2D eigenvalue weighted by molar-refractivity contribution is 6.31. The van der Waals surface area contributed by atoms with Gasteiger partial charge in [0, 0.05) is 17.1 Å². The zero-order valence-corrected chi connectivity index (χ0v) is 12.6. The van der Waals surface area contributed by atoms with Gasteiger partial charge in [-0.05, 0) is 31.9 Å². The first-order chi connectivity index (χ1) is 8.97. The summed E-state index contributed by atoms with van der Waals surface area (Å²) in [6.07, 6.45) is 0.912. The maximum atomic E-state index is 11.7. The van der Waals surface area contributed by atoms with Gasteiger partial charge in [-0.1, -0.05) is 18.5 Å². The van der Waals surface area contributed by atoms with Gasteiger partial charge in [0.05, 0.1) is 19.3 Å². The predicted octanol–water partition coefficient (Wildman–Crippen LogP) is 2.98. The topological polar surface area (TPSA) is 50.4 Å². The Kier molecular flexibility index (Phi) is 5.96. The van der Waals surface area contributed by atoms with Gasteiger partial charge in [-0.25, -0.2) is 0 Å². The summed E-state index contributed by atoms with van der Waals surface area (Å²) >= 11 is 6.03. The summed E-state index contributed by atoms with van der Waals surface area (Å²) in [6.45, 7) is 6.13. The number of ether oxygens (including phenoxy) is 1. The highest BCUT2D eigenvalue weighted by Gasteiger charge is 2.09. The number of hydrogen-bond acceptors (Lipinski definition) is 3. The summed E-state index contributed by atoms with van der Waals surface area (Å²) in [5.74, 6) is 0.593. The van der Waals surface area contributed by atoms with Crippen LogP contribution in [0.5, 0.6) is 5.75 Å². The Bertz CT molecular complexity index is 449. The Morgan fingerprint density at radius 3 is 2.74 bits per heavy atom. The normalized spacial score (nSPS) is 11.8. The van der Waals surface area contributed by atoms with Gasteiger partial charge in [0.15, 0.2) is 0 Å². The molecule has 1 rings (SSSR count). The number of nitrogens with one attached hydrogen (secondary N) is 2. The lowest BCUT2D eigenvalue weighted by atomic mass is 10.2. The second-order valence-electron chi connectivity index (χ2n) is 4.53. The zero-order chi connectivity index (χ0) is 14.4. The Hall–Kier alpha value is -1.42. The molecule has 0 aliphatic carbocycles. The van der Waals surface area contributed by atoms with Crippen molar-refractivity contribution in [1.82, 2.24) is 5.32 Å². The van der Waals surface area contributed by atoms with Crippen molar-refractivity contribution in [3.63, 3.8) is 0 Å². The van der Waals surface area contributed by atoms with Gasteiger partial charge in [-0.2, -0.15) is 0 Å². The van der Waals surface area contributed by atoms with Crippen molar-refractivity contribution in [3.05, 3.63) is 22.7 Å². The Labute approximate surface area is 119 Å². The van der Waals surface area contributed by atoms with E-state index in [-0.39, 0.29) is 18.5 Å². The average molecular weight is 285 g/mol. The molecule has 0 aliphatic heterocycles. The van der Waals surface area contributed by atoms with Gasteiger partial charge in [0.1, 0.15) is 5.75 Å². The van der Waals surface area contributed by atoms with Gasteiger partial charge in [0.2, 0.25) is 5.91 Å². The van der Waals surface area contributed by atoms with Crippen molar-refractivity contribution >= 4 is 23.2 Å². The van der Waals surface area contributed by atoms with Gasteiger partial charge in [-0.15, -0.1) is 0 Å². The van der Waals surface area contributed by atoms with Crippen molar-refractivity contribution < 1.29 is 9.53 Å². The Balaban J connectivity index is 2.67. The maximum absolute atomic E-state index is 11.7. The summed E-state index contributed by atoms with van der Waals surface area (Å²) in [5, 5.41) is 6.61. The molecule has 5 heteroatoms. The number of rotatable bonds is 6. The summed E-state index contributed by atoms with van der Waals surface area (Å²) in [5.41, 5.74) is 1.70. The first-order valence-electron chi connectivity index (χ1n) is 6.35. The molecule has 1 unspecified atom stereocenters. The van der Waals surface area contributed by atoms with Crippen LogP contribution in [0.3, 0.4) is 0 Å². The number of hydrogen-bond donors (Lipinski definition) is 2. The van der Waals surface area contributed by atoms with Crippen molar-refractivity contribution in [1.29, 1.82) is 0 Å². The summed E-state index contributed by atoms with van der Waals surface area (Å²) < 4.78 is 5.24. The predicted molar refractivity (Wildman–Crippen MR) is 79.1 cm³/mol. The number of aryl methyl sites for hydroxylation is 1. The first-order valence-corrected chi connectivity index (χ1v) is 6.73. The monoisotopic (exact) mass is 284 g/mol. The number of anilines is 1. The molecule has 0 bridgehead atoms. The van der Waals surface area contributed by atoms with Crippen LogP contribution in [0.1, 0.15) is 25.8 Å². The van der Waals surface area contributed by atoms with E-state index >= 15 is 0 Å². The third-order valence-corrected chi connectivity index (χ3v) is 3.35. The lowest BCUT2D eigenvalue weighted by Crippen LogP contribution is -2.36. The van der Waals surface area contributed by atoms with Gasteiger partial charge < -0.3 is 15.4 Å². The van der Waals surface area contributed by atoms with E-state index < -0.39 is 0 Å². The van der Waals surface area contributed by atoms with Crippen LogP contribution in [0.25, 0.3) is 0 Å². The minimum atomic E-state index is -0.0380. The molecule has 0 aromatic heterocycles. The highest BCUT2D eigenvalue weighted by atomic mass is 35.5. The first kappa shape index (κ1) is 15.6. The summed E-state index contributed by atoms with van der Waals surface area (Å²) in [6, 6.07) is 3.80. The third-order valence-electron chi connectivity index (χ3n) is 2.94. The number of amides is 1. The standard InChI is InChI=1S/C14H21ClN2O2/c1-5-10(3)17-14(18)8-16-12-6-9(2)11(15)7-13(12)19-4/h6-7,10,16H,5,8H2,1-4H3,(H,17,18). The molecule has 0 aliphatic rings. The number of methoxy groups -OCH3 is 1. The average Bonchev–Trinajstić information content (AvgIpc) is 2.39. The van der Waals surface area contributed by atoms with Gasteiger partial charge >= 0.3 is 0 Å². The van der Waals surface area contributed by atoms with E-state index in [0.717, 1.165) is 17.7 Å². The molecule has 1 amide bonds. The van der Waals surface area contributed by atoms with Crippen LogP contribution in [-0.2, 0) is 4.79 Å². The van der Waals surface area contributed by atoms with Crippen molar-refractivity contribution in [2.45, 2.75) is 33.2 Å². The molecule has 19 heavy (non-hydrogen) atoms.